The SMILES string of the molecule is O=CC(O)C(O)C(O)C(O)CO.[Ni]. The van der Waals surface area contributed by atoms with E-state index in [2.05, 4.69) is 0 Å². The van der Waals surface area contributed by atoms with E-state index in [9.17, 15) is 4.79 Å². The molecule has 0 bridgehead atoms. The van der Waals surface area contributed by atoms with E-state index >= 15 is 0 Å². The van der Waals surface area contributed by atoms with Crippen LogP contribution in [0.3, 0.4) is 0 Å². The molecular weight excluding hydrogens is 227 g/mol. The van der Waals surface area contributed by atoms with Gasteiger partial charge in [0, 0.05) is 16.5 Å². The normalized spacial score (nSPS) is 19.5. The average molecular weight is 239 g/mol. The topological polar surface area (TPSA) is 118 Å². The number of carbonyl (C=O) groups excluding carboxylic acids is 1. The Kier molecular flexibility index (Phi) is 8.76. The van der Waals surface area contributed by atoms with Crippen LogP contribution in [0.4, 0.5) is 0 Å². The number of hydrogen-bond donors (Lipinski definition) is 5. The van der Waals surface area contributed by atoms with Crippen LogP contribution in [0.25, 0.3) is 0 Å². The predicted octanol–water partition coefficient (Wildman–Crippen LogP) is -3.38. The first-order chi connectivity index (χ1) is 5.54. The van der Waals surface area contributed by atoms with Gasteiger partial charge in [-0.15, -0.1) is 0 Å². The zero-order valence-corrected chi connectivity index (χ0v) is 7.54. The smallest absolute Gasteiger partial charge is 0.151 e. The molecule has 0 spiro atoms. The van der Waals surface area contributed by atoms with Gasteiger partial charge in [0.05, 0.1) is 6.61 Å². The predicted molar refractivity (Wildman–Crippen MR) is 37.2 cm³/mol. The Labute approximate surface area is 84.7 Å². The maximum atomic E-state index is 9.90. The number of aliphatic hydroxyl groups excluding tert-OH is 5. The Morgan fingerprint density at radius 1 is 1.08 bits per heavy atom. The van der Waals surface area contributed by atoms with Gasteiger partial charge in [0.25, 0.3) is 0 Å². The van der Waals surface area contributed by atoms with Gasteiger partial charge < -0.3 is 30.3 Å². The number of hydrogen-bond acceptors (Lipinski definition) is 6. The van der Waals surface area contributed by atoms with E-state index in [0.717, 1.165) is 0 Å². The number of rotatable bonds is 5. The Morgan fingerprint density at radius 2 is 1.54 bits per heavy atom. The van der Waals surface area contributed by atoms with Gasteiger partial charge in [-0.05, 0) is 0 Å². The van der Waals surface area contributed by atoms with Crippen molar-refractivity contribution in [2.75, 3.05) is 6.61 Å². The second kappa shape index (κ2) is 7.38. The molecule has 5 N–H and O–H groups in total. The number of aliphatic hydroxyl groups is 5. The molecule has 0 saturated heterocycles. The third-order valence-electron chi connectivity index (χ3n) is 1.42. The van der Waals surface area contributed by atoms with Crippen molar-refractivity contribution in [2.24, 2.45) is 0 Å². The summed E-state index contributed by atoms with van der Waals surface area (Å²) in [5, 5.41) is 43.5. The quantitative estimate of drug-likeness (QED) is 0.252. The van der Waals surface area contributed by atoms with Crippen molar-refractivity contribution in [2.45, 2.75) is 24.4 Å². The summed E-state index contributed by atoms with van der Waals surface area (Å²) in [5.41, 5.74) is 0. The molecule has 4 atom stereocenters. The van der Waals surface area contributed by atoms with Crippen LogP contribution >= 0.6 is 0 Å². The minimum atomic E-state index is -1.79. The van der Waals surface area contributed by atoms with E-state index in [1.54, 1.807) is 0 Å². The number of aldehydes is 1. The van der Waals surface area contributed by atoms with E-state index in [-0.39, 0.29) is 22.8 Å². The van der Waals surface area contributed by atoms with Gasteiger partial charge in [-0.2, -0.15) is 0 Å². The maximum absolute atomic E-state index is 9.90. The van der Waals surface area contributed by atoms with Crippen molar-refractivity contribution in [1.29, 1.82) is 0 Å². The zero-order valence-electron chi connectivity index (χ0n) is 6.55. The van der Waals surface area contributed by atoms with E-state index in [1.807, 2.05) is 0 Å². The fraction of sp³-hybridized carbons (Fsp3) is 0.833. The second-order valence-corrected chi connectivity index (χ2v) is 2.36. The summed E-state index contributed by atoms with van der Waals surface area (Å²) >= 11 is 0. The minimum Gasteiger partial charge on any atom is -0.394 e. The molecule has 0 heterocycles. The van der Waals surface area contributed by atoms with E-state index in [0.29, 0.717) is 0 Å². The molecule has 0 rings (SSSR count). The van der Waals surface area contributed by atoms with Crippen LogP contribution in [0.5, 0.6) is 0 Å². The fourth-order valence-electron chi connectivity index (χ4n) is 0.618. The molecule has 0 aromatic carbocycles. The molecule has 13 heavy (non-hydrogen) atoms. The molecular formula is C6H12NiO6. The summed E-state index contributed by atoms with van der Waals surface area (Å²) in [7, 11) is 0. The van der Waals surface area contributed by atoms with Gasteiger partial charge in [-0.1, -0.05) is 0 Å². The van der Waals surface area contributed by atoms with Gasteiger partial charge in [-0.3, -0.25) is 0 Å². The summed E-state index contributed by atoms with van der Waals surface area (Å²) in [6.07, 6.45) is -6.84. The standard InChI is InChI=1S/C6H12O6.Ni/c7-1-3(9)5(11)6(12)4(10)2-8;/h1,3-6,8-12H,2H2;. The third-order valence-corrected chi connectivity index (χ3v) is 1.42. The van der Waals surface area contributed by atoms with Gasteiger partial charge >= 0.3 is 0 Å². The molecule has 0 radical (unpaired) electrons. The first-order valence-electron chi connectivity index (χ1n) is 3.33. The van der Waals surface area contributed by atoms with Gasteiger partial charge in [0.2, 0.25) is 0 Å². The van der Waals surface area contributed by atoms with Crippen molar-refractivity contribution in [3.05, 3.63) is 0 Å². The van der Waals surface area contributed by atoms with Crippen molar-refractivity contribution in [3.8, 4) is 0 Å². The first kappa shape index (κ1) is 15.4. The Morgan fingerprint density at radius 3 is 1.85 bits per heavy atom. The van der Waals surface area contributed by atoms with Crippen molar-refractivity contribution in [3.63, 3.8) is 0 Å². The molecule has 4 unspecified atom stereocenters. The molecule has 0 saturated carbocycles. The maximum Gasteiger partial charge on any atom is 0.151 e. The molecule has 0 aliphatic rings. The van der Waals surface area contributed by atoms with Crippen molar-refractivity contribution >= 4 is 6.29 Å². The molecule has 6 nitrogen and oxygen atoms in total. The molecule has 0 fully saturated rings. The average Bonchev–Trinajstić information content (AvgIpc) is 2.12. The van der Waals surface area contributed by atoms with Gasteiger partial charge in [-0.25, -0.2) is 0 Å². The largest absolute Gasteiger partial charge is 0.394 e. The van der Waals surface area contributed by atoms with E-state index in [4.69, 9.17) is 25.5 Å². The van der Waals surface area contributed by atoms with Crippen molar-refractivity contribution < 1.29 is 46.8 Å². The van der Waals surface area contributed by atoms with E-state index in [1.165, 1.54) is 0 Å². The molecule has 82 valence electrons. The molecule has 0 amide bonds. The van der Waals surface area contributed by atoms with Crippen LogP contribution in [-0.4, -0.2) is 62.8 Å². The van der Waals surface area contributed by atoms with Crippen LogP contribution in [0, 0.1) is 0 Å². The van der Waals surface area contributed by atoms with Crippen molar-refractivity contribution in [1.82, 2.24) is 0 Å². The van der Waals surface area contributed by atoms with Crippen LogP contribution < -0.4 is 0 Å². The summed E-state index contributed by atoms with van der Waals surface area (Å²) in [5.74, 6) is 0. The minimum absolute atomic E-state index is 0. The van der Waals surface area contributed by atoms with Gasteiger partial charge in [0.1, 0.15) is 24.4 Å². The fourth-order valence-corrected chi connectivity index (χ4v) is 0.618. The number of carbonyl (C=O) groups is 1. The van der Waals surface area contributed by atoms with Crippen LogP contribution in [-0.2, 0) is 21.3 Å². The molecule has 0 aromatic rings. The Balaban J connectivity index is 0. The molecule has 0 aromatic heterocycles. The summed E-state index contributed by atoms with van der Waals surface area (Å²) < 4.78 is 0. The van der Waals surface area contributed by atoms with E-state index < -0.39 is 31.0 Å². The Bertz CT molecular complexity index is 143. The third kappa shape index (κ3) is 4.66. The molecule has 7 heteroatoms. The molecule has 0 aliphatic heterocycles. The van der Waals surface area contributed by atoms with Crippen LogP contribution in [0.2, 0.25) is 0 Å². The van der Waals surface area contributed by atoms with Crippen LogP contribution in [0.15, 0.2) is 0 Å². The second-order valence-electron chi connectivity index (χ2n) is 2.36. The zero-order chi connectivity index (χ0) is 9.72. The summed E-state index contributed by atoms with van der Waals surface area (Å²) in [6, 6.07) is 0. The van der Waals surface area contributed by atoms with Gasteiger partial charge in [0.15, 0.2) is 6.29 Å². The van der Waals surface area contributed by atoms with Crippen LogP contribution in [0.1, 0.15) is 0 Å². The first-order valence-corrected chi connectivity index (χ1v) is 3.33. The summed E-state index contributed by atoms with van der Waals surface area (Å²) in [6.45, 7) is -0.760. The monoisotopic (exact) mass is 238 g/mol. The Hall–Kier alpha value is -0.0365. The molecule has 0 aliphatic carbocycles. The summed E-state index contributed by atoms with van der Waals surface area (Å²) in [4.78, 5) is 9.90.